The summed E-state index contributed by atoms with van der Waals surface area (Å²) in [5.41, 5.74) is 1.38. The van der Waals surface area contributed by atoms with Gasteiger partial charge in [0.05, 0.1) is 11.2 Å². The van der Waals surface area contributed by atoms with Gasteiger partial charge in [-0.15, -0.1) is 0 Å². The molecule has 0 spiro atoms. The minimum absolute atomic E-state index is 0.288. The molecule has 0 bridgehead atoms. The van der Waals surface area contributed by atoms with Crippen molar-refractivity contribution in [1.29, 1.82) is 0 Å². The summed E-state index contributed by atoms with van der Waals surface area (Å²) in [5, 5.41) is 1.24. The maximum absolute atomic E-state index is 9.60. The van der Waals surface area contributed by atoms with Crippen LogP contribution >= 0.6 is 0 Å². The van der Waals surface area contributed by atoms with Gasteiger partial charge >= 0.3 is 7.12 Å². The fourth-order valence-corrected chi connectivity index (χ4v) is 2.55. The van der Waals surface area contributed by atoms with E-state index in [1.54, 1.807) is 0 Å². The third kappa shape index (κ3) is 4.49. The highest BCUT2D eigenvalue weighted by Crippen LogP contribution is 2.36. The monoisotopic (exact) mass is 359 g/mol. The molecule has 1 fully saturated rings. The third-order valence-corrected chi connectivity index (χ3v) is 4.84. The van der Waals surface area contributed by atoms with Gasteiger partial charge in [-0.25, -0.2) is 0 Å². The van der Waals surface area contributed by atoms with E-state index in [1.165, 1.54) is 10.9 Å². The maximum Gasteiger partial charge on any atom is 0.494 e. The second kappa shape index (κ2) is 7.08. The van der Waals surface area contributed by atoms with Gasteiger partial charge < -0.3 is 18.6 Å². The molecule has 142 valence electrons. The fourth-order valence-electron chi connectivity index (χ4n) is 2.55. The number of carbonyl (C=O) groups is 1. The van der Waals surface area contributed by atoms with Gasteiger partial charge in [-0.05, 0) is 71.4 Å². The molecule has 1 aliphatic rings. The van der Waals surface area contributed by atoms with Crippen molar-refractivity contribution in [2.24, 2.45) is 7.05 Å². The lowest BCUT2D eigenvalue weighted by atomic mass is 9.79. The molecule has 2 heterocycles. The summed E-state index contributed by atoms with van der Waals surface area (Å²) in [6.07, 6.45) is 2.07. The molecule has 6 heteroatoms. The van der Waals surface area contributed by atoms with Crippen LogP contribution in [0.25, 0.3) is 10.9 Å². The normalized spacial score (nSPS) is 18.4. The van der Waals surface area contributed by atoms with E-state index in [0.717, 1.165) is 5.46 Å². The summed E-state index contributed by atoms with van der Waals surface area (Å²) < 4.78 is 18.8. The van der Waals surface area contributed by atoms with Crippen molar-refractivity contribution in [2.45, 2.75) is 65.3 Å². The smallest absolute Gasteiger partial charge is 0.462 e. The Morgan fingerprint density at radius 1 is 1.08 bits per heavy atom. The Labute approximate surface area is 156 Å². The van der Waals surface area contributed by atoms with E-state index < -0.39 is 0 Å². The van der Waals surface area contributed by atoms with Crippen LogP contribution in [-0.4, -0.2) is 35.0 Å². The lowest BCUT2D eigenvalue weighted by Gasteiger charge is -2.32. The number of rotatable bonds is 2. The number of hydrogen-bond donors (Lipinski definition) is 0. The number of ether oxygens (including phenoxy) is 1. The zero-order valence-corrected chi connectivity index (χ0v) is 17.1. The van der Waals surface area contributed by atoms with Crippen molar-refractivity contribution >= 4 is 30.0 Å². The van der Waals surface area contributed by atoms with Crippen LogP contribution in [0.4, 0.5) is 0 Å². The Hall–Kier alpha value is -1.79. The second-order valence-corrected chi connectivity index (χ2v) is 8.66. The number of benzene rings is 1. The molecule has 1 aliphatic heterocycles. The molecule has 2 aromatic rings. The molecular weight excluding hydrogens is 329 g/mol. The second-order valence-electron chi connectivity index (χ2n) is 8.66. The number of nitrogens with zero attached hydrogens (tertiary/aromatic N) is 1. The van der Waals surface area contributed by atoms with Gasteiger partial charge in [0.25, 0.3) is 6.47 Å². The highest BCUT2D eigenvalue weighted by atomic mass is 16.7. The molecular formula is C20H30BNO4. The summed E-state index contributed by atoms with van der Waals surface area (Å²) in [6, 6.07) is 8.47. The van der Waals surface area contributed by atoms with Crippen LogP contribution in [-0.2, 0) is 25.9 Å². The SMILES string of the molecule is CC(C)(C)OC=O.Cn1ccc2ccc(B3OC(C)(C)C(C)(C)O3)cc21. The number of carbonyl (C=O) groups excluding carboxylic acids is 1. The van der Waals surface area contributed by atoms with E-state index in [4.69, 9.17) is 9.31 Å². The van der Waals surface area contributed by atoms with Crippen molar-refractivity contribution in [3.05, 3.63) is 30.5 Å². The summed E-state index contributed by atoms with van der Waals surface area (Å²) in [5.74, 6) is 0. The van der Waals surface area contributed by atoms with Crippen molar-refractivity contribution in [3.63, 3.8) is 0 Å². The predicted molar refractivity (Wildman–Crippen MR) is 106 cm³/mol. The highest BCUT2D eigenvalue weighted by Gasteiger charge is 2.51. The van der Waals surface area contributed by atoms with Crippen LogP contribution in [0.15, 0.2) is 30.5 Å². The van der Waals surface area contributed by atoms with Gasteiger partial charge in [0.15, 0.2) is 0 Å². The number of fused-ring (bicyclic) bond motifs is 1. The molecule has 1 aromatic heterocycles. The molecule has 0 N–H and O–H groups in total. The minimum Gasteiger partial charge on any atom is -0.462 e. The first-order chi connectivity index (χ1) is 11.9. The summed E-state index contributed by atoms with van der Waals surface area (Å²) in [4.78, 5) is 9.60. The van der Waals surface area contributed by atoms with Crippen molar-refractivity contribution < 1.29 is 18.8 Å². The molecule has 3 rings (SSSR count). The van der Waals surface area contributed by atoms with Crippen LogP contribution < -0.4 is 5.46 Å². The van der Waals surface area contributed by atoms with Crippen LogP contribution in [0.1, 0.15) is 48.5 Å². The highest BCUT2D eigenvalue weighted by molar-refractivity contribution is 6.62. The van der Waals surface area contributed by atoms with Gasteiger partial charge in [0, 0.05) is 18.8 Å². The molecule has 0 amide bonds. The zero-order chi connectivity index (χ0) is 19.8. The predicted octanol–water partition coefficient (Wildman–Crippen LogP) is 3.44. The number of aryl methyl sites for hydroxylation is 1. The standard InChI is InChI=1S/C15H20BNO2.C5H10O2/c1-14(2)15(3,4)19-16(18-14)12-7-6-11-8-9-17(5)13(11)10-12;1-5(2,3)7-4-6/h6-10H,1-5H3;4H,1-3H3. The molecule has 0 saturated carbocycles. The Kier molecular flexibility index (Phi) is 5.59. The van der Waals surface area contributed by atoms with E-state index >= 15 is 0 Å². The van der Waals surface area contributed by atoms with Gasteiger partial charge in [0.1, 0.15) is 5.60 Å². The quantitative estimate of drug-likeness (QED) is 0.609. The van der Waals surface area contributed by atoms with E-state index in [-0.39, 0.29) is 23.9 Å². The Morgan fingerprint density at radius 3 is 2.12 bits per heavy atom. The van der Waals surface area contributed by atoms with Gasteiger partial charge in [-0.3, -0.25) is 4.79 Å². The van der Waals surface area contributed by atoms with Gasteiger partial charge in [-0.1, -0.05) is 12.1 Å². The van der Waals surface area contributed by atoms with Crippen molar-refractivity contribution in [3.8, 4) is 0 Å². The molecule has 5 nitrogen and oxygen atoms in total. The Morgan fingerprint density at radius 2 is 1.65 bits per heavy atom. The first-order valence-corrected chi connectivity index (χ1v) is 8.88. The molecule has 1 saturated heterocycles. The molecule has 1 aromatic carbocycles. The topological polar surface area (TPSA) is 49.7 Å². The number of hydrogen-bond acceptors (Lipinski definition) is 4. The van der Waals surface area contributed by atoms with Gasteiger partial charge in [0.2, 0.25) is 0 Å². The average Bonchev–Trinajstić information content (AvgIpc) is 2.96. The van der Waals surface area contributed by atoms with E-state index in [2.05, 4.69) is 74.5 Å². The summed E-state index contributed by atoms with van der Waals surface area (Å²) in [6.45, 7) is 14.2. The lowest BCUT2D eigenvalue weighted by molar-refractivity contribution is -0.138. The summed E-state index contributed by atoms with van der Waals surface area (Å²) >= 11 is 0. The van der Waals surface area contributed by atoms with E-state index in [0.29, 0.717) is 6.47 Å². The molecule has 0 atom stereocenters. The first-order valence-electron chi connectivity index (χ1n) is 8.88. The van der Waals surface area contributed by atoms with Crippen LogP contribution in [0.3, 0.4) is 0 Å². The summed E-state index contributed by atoms with van der Waals surface area (Å²) in [7, 11) is 1.76. The Balaban J connectivity index is 0.000000298. The molecule has 0 unspecified atom stereocenters. The molecule has 0 aliphatic carbocycles. The van der Waals surface area contributed by atoms with Crippen LogP contribution in [0.2, 0.25) is 0 Å². The van der Waals surface area contributed by atoms with Crippen LogP contribution in [0.5, 0.6) is 0 Å². The van der Waals surface area contributed by atoms with Gasteiger partial charge in [-0.2, -0.15) is 0 Å². The largest absolute Gasteiger partial charge is 0.494 e. The third-order valence-electron chi connectivity index (χ3n) is 4.84. The lowest BCUT2D eigenvalue weighted by Crippen LogP contribution is -2.41. The zero-order valence-electron chi connectivity index (χ0n) is 17.1. The molecule has 26 heavy (non-hydrogen) atoms. The fraction of sp³-hybridized carbons (Fsp3) is 0.550. The van der Waals surface area contributed by atoms with E-state index in [9.17, 15) is 4.79 Å². The first kappa shape index (κ1) is 20.5. The minimum atomic E-state index is -0.318. The maximum atomic E-state index is 9.60. The number of aromatic nitrogens is 1. The average molecular weight is 359 g/mol. The van der Waals surface area contributed by atoms with E-state index in [1.807, 2.05) is 20.8 Å². The van der Waals surface area contributed by atoms with Crippen molar-refractivity contribution in [2.75, 3.05) is 0 Å². The molecule has 0 radical (unpaired) electrons. The van der Waals surface area contributed by atoms with Crippen LogP contribution in [0, 0.1) is 0 Å². The van der Waals surface area contributed by atoms with Crippen molar-refractivity contribution in [1.82, 2.24) is 4.57 Å². The Bertz CT molecular complexity index is 758.